The van der Waals surface area contributed by atoms with Crippen LogP contribution in [0.3, 0.4) is 0 Å². The van der Waals surface area contributed by atoms with Gasteiger partial charge in [-0.3, -0.25) is 4.79 Å². The van der Waals surface area contributed by atoms with E-state index in [1.165, 1.54) is 0 Å². The molecule has 23 heavy (non-hydrogen) atoms. The highest BCUT2D eigenvalue weighted by molar-refractivity contribution is 5.93. The molecule has 0 spiro atoms. The fourth-order valence-corrected chi connectivity index (χ4v) is 2.99. The summed E-state index contributed by atoms with van der Waals surface area (Å²) in [5.41, 5.74) is 6.69. The van der Waals surface area contributed by atoms with Gasteiger partial charge in [-0.05, 0) is 25.0 Å². The van der Waals surface area contributed by atoms with Gasteiger partial charge in [0.15, 0.2) is 0 Å². The van der Waals surface area contributed by atoms with Crippen molar-refractivity contribution in [1.29, 1.82) is 0 Å². The molecule has 130 valence electrons. The molecule has 2 aliphatic rings. The highest BCUT2D eigenvalue weighted by Gasteiger charge is 2.30. The van der Waals surface area contributed by atoms with Crippen LogP contribution in [0.5, 0.6) is 0 Å². The summed E-state index contributed by atoms with van der Waals surface area (Å²) in [5, 5.41) is 2.92. The SMILES string of the molecule is Cl.Cl.NC1CCCC1C(=O)Nc1ccc(N2CCOCC2)nc1. The van der Waals surface area contributed by atoms with Crippen LogP contribution in [0.2, 0.25) is 0 Å². The first-order valence-corrected chi connectivity index (χ1v) is 7.59. The summed E-state index contributed by atoms with van der Waals surface area (Å²) >= 11 is 0. The second-order valence-corrected chi connectivity index (χ2v) is 5.69. The lowest BCUT2D eigenvalue weighted by Crippen LogP contribution is -2.36. The molecule has 1 aromatic heterocycles. The second-order valence-electron chi connectivity index (χ2n) is 5.69. The van der Waals surface area contributed by atoms with E-state index in [4.69, 9.17) is 10.5 Å². The van der Waals surface area contributed by atoms with Crippen molar-refractivity contribution in [3.8, 4) is 0 Å². The topological polar surface area (TPSA) is 80.5 Å². The average Bonchev–Trinajstić information content (AvgIpc) is 2.95. The standard InChI is InChI=1S/C15H22N4O2.2ClH/c16-13-3-1-2-12(13)15(20)18-11-4-5-14(17-10-11)19-6-8-21-9-7-19;;/h4-5,10,12-13H,1-3,6-9,16H2,(H,18,20);2*1H. The number of anilines is 2. The van der Waals surface area contributed by atoms with E-state index in [0.717, 1.165) is 57.1 Å². The van der Waals surface area contributed by atoms with Crippen molar-refractivity contribution >= 4 is 42.2 Å². The fourth-order valence-electron chi connectivity index (χ4n) is 2.99. The van der Waals surface area contributed by atoms with Crippen molar-refractivity contribution in [1.82, 2.24) is 4.98 Å². The van der Waals surface area contributed by atoms with Gasteiger partial charge in [-0.25, -0.2) is 4.98 Å². The van der Waals surface area contributed by atoms with Gasteiger partial charge in [-0.15, -0.1) is 24.8 Å². The smallest absolute Gasteiger partial charge is 0.229 e. The third-order valence-electron chi connectivity index (χ3n) is 4.26. The molecule has 1 aromatic rings. The Kier molecular flexibility index (Phi) is 8.05. The Balaban J connectivity index is 0.00000132. The molecule has 0 bridgehead atoms. The molecule has 8 heteroatoms. The van der Waals surface area contributed by atoms with Crippen molar-refractivity contribution in [3.63, 3.8) is 0 Å². The van der Waals surface area contributed by atoms with Gasteiger partial charge in [0, 0.05) is 19.1 Å². The lowest BCUT2D eigenvalue weighted by atomic mass is 10.0. The first-order chi connectivity index (χ1) is 10.2. The molecule has 6 nitrogen and oxygen atoms in total. The van der Waals surface area contributed by atoms with Gasteiger partial charge in [0.2, 0.25) is 5.91 Å². The monoisotopic (exact) mass is 362 g/mol. The van der Waals surface area contributed by atoms with Crippen LogP contribution >= 0.6 is 24.8 Å². The van der Waals surface area contributed by atoms with E-state index in [1.807, 2.05) is 12.1 Å². The molecule has 0 radical (unpaired) electrons. The molecule has 1 aliphatic heterocycles. The van der Waals surface area contributed by atoms with Crippen molar-refractivity contribution in [2.75, 3.05) is 36.5 Å². The number of nitrogens with two attached hydrogens (primary N) is 1. The van der Waals surface area contributed by atoms with Gasteiger partial charge >= 0.3 is 0 Å². The summed E-state index contributed by atoms with van der Waals surface area (Å²) in [5.74, 6) is 0.874. The number of morpholine rings is 1. The largest absolute Gasteiger partial charge is 0.378 e. The number of carbonyl (C=O) groups is 1. The van der Waals surface area contributed by atoms with Gasteiger partial charge in [-0.2, -0.15) is 0 Å². The van der Waals surface area contributed by atoms with Crippen LogP contribution in [0.4, 0.5) is 11.5 Å². The molecule has 1 aliphatic carbocycles. The molecule has 2 fully saturated rings. The predicted octanol–water partition coefficient (Wildman–Crippen LogP) is 1.83. The third-order valence-corrected chi connectivity index (χ3v) is 4.26. The summed E-state index contributed by atoms with van der Waals surface area (Å²) in [6.45, 7) is 3.19. The van der Waals surface area contributed by atoms with E-state index >= 15 is 0 Å². The second kappa shape index (κ2) is 9.27. The molecule has 2 atom stereocenters. The normalized spacial score (nSPS) is 23.6. The predicted molar refractivity (Wildman–Crippen MR) is 95.7 cm³/mol. The van der Waals surface area contributed by atoms with Gasteiger partial charge in [0.05, 0.1) is 31.0 Å². The molecule has 2 heterocycles. The van der Waals surface area contributed by atoms with Crippen molar-refractivity contribution in [3.05, 3.63) is 18.3 Å². The molecule has 0 aromatic carbocycles. The zero-order chi connectivity index (χ0) is 14.7. The molecule has 2 unspecified atom stereocenters. The molecule has 1 saturated carbocycles. The Hall–Kier alpha value is -1.08. The minimum atomic E-state index is -0.0658. The number of nitrogens with zero attached hydrogens (tertiary/aromatic N) is 2. The van der Waals surface area contributed by atoms with Crippen LogP contribution in [0.15, 0.2) is 18.3 Å². The Morgan fingerprint density at radius 1 is 1.26 bits per heavy atom. The Morgan fingerprint density at radius 2 is 2.00 bits per heavy atom. The maximum Gasteiger partial charge on any atom is 0.229 e. The van der Waals surface area contributed by atoms with E-state index in [2.05, 4.69) is 15.2 Å². The number of carbonyl (C=O) groups excluding carboxylic acids is 1. The summed E-state index contributed by atoms with van der Waals surface area (Å²) in [6.07, 6.45) is 4.56. The number of ether oxygens (including phenoxy) is 1. The van der Waals surface area contributed by atoms with Crippen LogP contribution in [-0.4, -0.2) is 43.2 Å². The van der Waals surface area contributed by atoms with Crippen molar-refractivity contribution < 1.29 is 9.53 Å². The first-order valence-electron chi connectivity index (χ1n) is 7.59. The van der Waals surface area contributed by atoms with Gasteiger partial charge in [0.1, 0.15) is 5.82 Å². The Labute approximate surface area is 149 Å². The quantitative estimate of drug-likeness (QED) is 0.857. The number of rotatable bonds is 3. The summed E-state index contributed by atoms with van der Waals surface area (Å²) in [4.78, 5) is 18.8. The first kappa shape index (κ1) is 20.0. The van der Waals surface area contributed by atoms with Crippen LogP contribution in [0, 0.1) is 5.92 Å². The number of amides is 1. The number of hydrogen-bond acceptors (Lipinski definition) is 5. The maximum atomic E-state index is 12.2. The number of halogens is 2. The van der Waals surface area contributed by atoms with Crippen molar-refractivity contribution in [2.24, 2.45) is 11.7 Å². The van der Waals surface area contributed by atoms with E-state index in [1.54, 1.807) is 6.20 Å². The van der Waals surface area contributed by atoms with E-state index in [9.17, 15) is 4.79 Å². The third kappa shape index (κ3) is 4.94. The minimum absolute atomic E-state index is 0. The van der Waals surface area contributed by atoms with Crippen LogP contribution in [-0.2, 0) is 9.53 Å². The summed E-state index contributed by atoms with van der Waals surface area (Å²) in [6, 6.07) is 3.83. The van der Waals surface area contributed by atoms with Crippen LogP contribution in [0.1, 0.15) is 19.3 Å². The van der Waals surface area contributed by atoms with Gasteiger partial charge < -0.3 is 20.7 Å². The molecule has 1 amide bonds. The number of nitrogens with one attached hydrogen (secondary N) is 1. The van der Waals surface area contributed by atoms with Gasteiger partial charge in [0.25, 0.3) is 0 Å². The lowest BCUT2D eigenvalue weighted by Gasteiger charge is -2.27. The van der Waals surface area contributed by atoms with Gasteiger partial charge in [-0.1, -0.05) is 6.42 Å². The number of hydrogen-bond donors (Lipinski definition) is 2. The zero-order valence-corrected chi connectivity index (χ0v) is 14.6. The highest BCUT2D eigenvalue weighted by atomic mass is 35.5. The maximum absolute atomic E-state index is 12.2. The highest BCUT2D eigenvalue weighted by Crippen LogP contribution is 2.25. The minimum Gasteiger partial charge on any atom is -0.378 e. The summed E-state index contributed by atoms with van der Waals surface area (Å²) < 4.78 is 5.33. The van der Waals surface area contributed by atoms with E-state index < -0.39 is 0 Å². The fraction of sp³-hybridized carbons (Fsp3) is 0.600. The van der Waals surface area contributed by atoms with E-state index in [0.29, 0.717) is 0 Å². The molecule has 3 N–H and O–H groups in total. The number of aromatic nitrogens is 1. The Morgan fingerprint density at radius 3 is 2.57 bits per heavy atom. The van der Waals surface area contributed by atoms with Crippen LogP contribution in [0.25, 0.3) is 0 Å². The average molecular weight is 363 g/mol. The zero-order valence-electron chi connectivity index (χ0n) is 12.9. The Bertz CT molecular complexity index is 495. The summed E-state index contributed by atoms with van der Waals surface area (Å²) in [7, 11) is 0. The molecular formula is C15H24Cl2N4O2. The van der Waals surface area contributed by atoms with Crippen LogP contribution < -0.4 is 16.0 Å². The molecule has 3 rings (SSSR count). The van der Waals surface area contributed by atoms with E-state index in [-0.39, 0.29) is 42.7 Å². The number of pyridine rings is 1. The molecule has 1 saturated heterocycles. The lowest BCUT2D eigenvalue weighted by molar-refractivity contribution is -0.120. The molecular weight excluding hydrogens is 339 g/mol. The van der Waals surface area contributed by atoms with Crippen molar-refractivity contribution in [2.45, 2.75) is 25.3 Å².